The highest BCUT2D eigenvalue weighted by Gasteiger charge is 2.23. The number of aryl methyl sites for hydroxylation is 1. The van der Waals surface area contributed by atoms with Crippen LogP contribution in [-0.4, -0.2) is 52.9 Å². The van der Waals surface area contributed by atoms with Crippen LogP contribution in [0.4, 0.5) is 5.13 Å². The summed E-state index contributed by atoms with van der Waals surface area (Å²) >= 11 is 7.76. The van der Waals surface area contributed by atoms with E-state index >= 15 is 0 Å². The number of aromatic nitrogens is 3. The zero-order valence-electron chi connectivity index (χ0n) is 15.3. The molecule has 0 bridgehead atoms. The number of carbonyl (C=O) groups excluding carboxylic acids is 1. The molecular formula is C18H21Cl2N5OS. The molecule has 0 spiro atoms. The molecule has 2 heterocycles. The largest absolute Gasteiger partial charge is 0.309 e. The van der Waals surface area contributed by atoms with Gasteiger partial charge < -0.3 is 4.90 Å². The first-order valence-corrected chi connectivity index (χ1v) is 9.45. The molecule has 0 atom stereocenters. The molecule has 27 heavy (non-hydrogen) atoms. The van der Waals surface area contributed by atoms with Crippen LogP contribution in [0.5, 0.6) is 0 Å². The molecule has 144 valence electrons. The summed E-state index contributed by atoms with van der Waals surface area (Å²) in [6, 6.07) is 3.80. The Balaban J connectivity index is 0.00000261. The van der Waals surface area contributed by atoms with Crippen LogP contribution < -0.4 is 4.90 Å². The fourth-order valence-electron chi connectivity index (χ4n) is 2.58. The van der Waals surface area contributed by atoms with Gasteiger partial charge in [-0.1, -0.05) is 29.0 Å². The Labute approximate surface area is 173 Å². The summed E-state index contributed by atoms with van der Waals surface area (Å²) in [5, 5.41) is 1.28. The van der Waals surface area contributed by atoms with E-state index in [-0.39, 0.29) is 18.3 Å². The minimum absolute atomic E-state index is 0. The molecule has 0 aliphatic heterocycles. The van der Waals surface area contributed by atoms with Gasteiger partial charge >= 0.3 is 0 Å². The zero-order valence-corrected chi connectivity index (χ0v) is 17.7. The van der Waals surface area contributed by atoms with Crippen LogP contribution >= 0.6 is 35.3 Å². The first-order chi connectivity index (χ1) is 12.5. The van der Waals surface area contributed by atoms with E-state index in [1.807, 2.05) is 33.2 Å². The number of hydrogen-bond acceptors (Lipinski definition) is 6. The number of anilines is 1. The van der Waals surface area contributed by atoms with Crippen molar-refractivity contribution < 1.29 is 4.79 Å². The number of fused-ring (bicyclic) bond motifs is 1. The van der Waals surface area contributed by atoms with Crippen molar-refractivity contribution in [2.75, 3.05) is 32.1 Å². The molecule has 3 aromatic rings. The third kappa shape index (κ3) is 4.93. The maximum atomic E-state index is 13.0. The van der Waals surface area contributed by atoms with Crippen molar-refractivity contribution in [2.45, 2.75) is 13.3 Å². The number of thiazole rings is 1. The Bertz CT molecular complexity index is 878. The lowest BCUT2D eigenvalue weighted by Gasteiger charge is -2.20. The van der Waals surface area contributed by atoms with E-state index < -0.39 is 0 Å². The highest BCUT2D eigenvalue weighted by molar-refractivity contribution is 7.23. The molecule has 2 aromatic heterocycles. The number of benzene rings is 1. The molecular weight excluding hydrogens is 405 g/mol. The summed E-state index contributed by atoms with van der Waals surface area (Å²) in [5.74, 6) is -0.204. The number of halogens is 2. The van der Waals surface area contributed by atoms with E-state index in [0.29, 0.717) is 22.4 Å². The third-order valence-electron chi connectivity index (χ3n) is 3.93. The van der Waals surface area contributed by atoms with E-state index in [2.05, 4.69) is 14.9 Å². The lowest BCUT2D eigenvalue weighted by Crippen LogP contribution is -2.34. The molecule has 0 fully saturated rings. The van der Waals surface area contributed by atoms with E-state index in [9.17, 15) is 4.79 Å². The third-order valence-corrected chi connectivity index (χ3v) is 5.47. The molecule has 9 heteroatoms. The normalized spacial score (nSPS) is 10.9. The number of amides is 1. The molecule has 6 nitrogen and oxygen atoms in total. The number of nitrogens with zero attached hydrogens (tertiary/aromatic N) is 5. The van der Waals surface area contributed by atoms with Crippen molar-refractivity contribution in [2.24, 2.45) is 0 Å². The summed E-state index contributed by atoms with van der Waals surface area (Å²) in [6.45, 7) is 3.40. The number of hydrogen-bond donors (Lipinski definition) is 0. The van der Waals surface area contributed by atoms with Gasteiger partial charge in [0, 0.05) is 18.9 Å². The molecule has 1 amide bonds. The standard InChI is InChI=1S/C18H20ClN5OS.ClH/c1-12-5-6-13(19)16-15(12)22-18(26-16)24(10-4-9-23(2)3)17(25)14-11-20-7-8-21-14;/h5-8,11H,4,9-10H2,1-3H3;1H. The average molecular weight is 426 g/mol. The monoisotopic (exact) mass is 425 g/mol. The Morgan fingerprint density at radius 3 is 2.63 bits per heavy atom. The Kier molecular flexibility index (Phi) is 7.49. The molecule has 0 aliphatic carbocycles. The van der Waals surface area contributed by atoms with E-state index in [1.54, 1.807) is 11.1 Å². The van der Waals surface area contributed by atoms with Gasteiger partial charge in [0.1, 0.15) is 5.69 Å². The predicted molar refractivity (Wildman–Crippen MR) is 113 cm³/mol. The van der Waals surface area contributed by atoms with Gasteiger partial charge in [0.15, 0.2) is 5.13 Å². The minimum atomic E-state index is -0.204. The highest BCUT2D eigenvalue weighted by atomic mass is 35.5. The summed E-state index contributed by atoms with van der Waals surface area (Å²) in [5.41, 5.74) is 2.17. The van der Waals surface area contributed by atoms with Gasteiger partial charge in [-0.3, -0.25) is 14.7 Å². The van der Waals surface area contributed by atoms with E-state index in [1.165, 1.54) is 23.7 Å². The topological polar surface area (TPSA) is 62.2 Å². The van der Waals surface area contributed by atoms with Crippen LogP contribution in [0.25, 0.3) is 10.2 Å². The Morgan fingerprint density at radius 1 is 1.22 bits per heavy atom. The maximum Gasteiger partial charge on any atom is 0.280 e. The Hall–Kier alpha value is -1.80. The highest BCUT2D eigenvalue weighted by Crippen LogP contribution is 2.36. The molecule has 0 aliphatic rings. The van der Waals surface area contributed by atoms with Crippen LogP contribution in [-0.2, 0) is 0 Å². The van der Waals surface area contributed by atoms with Crippen LogP contribution in [0.3, 0.4) is 0 Å². The molecule has 0 N–H and O–H groups in total. The van der Waals surface area contributed by atoms with Crippen molar-refractivity contribution in [1.82, 2.24) is 19.9 Å². The SMILES string of the molecule is Cc1ccc(Cl)c2sc(N(CCCN(C)C)C(=O)c3cnccn3)nc12.Cl. The number of carbonyl (C=O) groups is 1. The van der Waals surface area contributed by atoms with Crippen molar-refractivity contribution in [3.63, 3.8) is 0 Å². The van der Waals surface area contributed by atoms with Crippen LogP contribution in [0.15, 0.2) is 30.7 Å². The van der Waals surface area contributed by atoms with E-state index in [0.717, 1.165) is 28.7 Å². The fourth-order valence-corrected chi connectivity index (χ4v) is 3.92. The fraction of sp³-hybridized carbons (Fsp3) is 0.333. The second-order valence-electron chi connectivity index (χ2n) is 6.24. The van der Waals surface area contributed by atoms with Crippen molar-refractivity contribution in [1.29, 1.82) is 0 Å². The summed E-state index contributed by atoms with van der Waals surface area (Å²) in [4.78, 5) is 29.6. The zero-order chi connectivity index (χ0) is 18.7. The van der Waals surface area contributed by atoms with E-state index in [4.69, 9.17) is 16.6 Å². The second-order valence-corrected chi connectivity index (χ2v) is 7.63. The molecule has 0 radical (unpaired) electrons. The quantitative estimate of drug-likeness (QED) is 0.595. The summed E-state index contributed by atoms with van der Waals surface area (Å²) < 4.78 is 0.895. The van der Waals surface area contributed by atoms with Gasteiger partial charge in [-0.2, -0.15) is 0 Å². The first-order valence-electron chi connectivity index (χ1n) is 8.25. The summed E-state index contributed by atoms with van der Waals surface area (Å²) in [7, 11) is 4.02. The summed E-state index contributed by atoms with van der Waals surface area (Å²) in [6.07, 6.45) is 5.37. The lowest BCUT2D eigenvalue weighted by atomic mass is 10.2. The van der Waals surface area contributed by atoms with Gasteiger partial charge in [0.2, 0.25) is 0 Å². The molecule has 0 unspecified atom stereocenters. The van der Waals surface area contributed by atoms with Crippen molar-refractivity contribution in [3.05, 3.63) is 47.0 Å². The average Bonchev–Trinajstić information content (AvgIpc) is 3.08. The first kappa shape index (κ1) is 21.5. The Morgan fingerprint density at radius 2 is 2.00 bits per heavy atom. The molecule has 0 saturated heterocycles. The van der Waals surface area contributed by atoms with Gasteiger partial charge in [-0.25, -0.2) is 9.97 Å². The molecule has 1 aromatic carbocycles. The van der Waals surface area contributed by atoms with Gasteiger partial charge in [-0.15, -0.1) is 12.4 Å². The molecule has 3 rings (SSSR count). The molecule has 0 saturated carbocycles. The second kappa shape index (κ2) is 9.41. The maximum absolute atomic E-state index is 13.0. The van der Waals surface area contributed by atoms with Crippen LogP contribution in [0.1, 0.15) is 22.5 Å². The van der Waals surface area contributed by atoms with Crippen LogP contribution in [0, 0.1) is 6.92 Å². The van der Waals surface area contributed by atoms with Crippen LogP contribution in [0.2, 0.25) is 5.02 Å². The van der Waals surface area contributed by atoms with Gasteiger partial charge in [0.05, 0.1) is 21.4 Å². The predicted octanol–water partition coefficient (Wildman–Crippen LogP) is 4.07. The van der Waals surface area contributed by atoms with Crippen molar-refractivity contribution >= 4 is 56.6 Å². The van der Waals surface area contributed by atoms with Gasteiger partial charge in [0.25, 0.3) is 5.91 Å². The smallest absolute Gasteiger partial charge is 0.280 e. The number of rotatable bonds is 6. The minimum Gasteiger partial charge on any atom is -0.309 e. The van der Waals surface area contributed by atoms with Gasteiger partial charge in [-0.05, 0) is 45.6 Å². The lowest BCUT2D eigenvalue weighted by molar-refractivity contribution is 0.0981. The van der Waals surface area contributed by atoms with Crippen molar-refractivity contribution in [3.8, 4) is 0 Å².